The molecule has 0 saturated heterocycles. The number of fused-ring (bicyclic) bond motifs is 1. The van der Waals surface area contributed by atoms with Crippen LogP contribution in [0.1, 0.15) is 0 Å². The van der Waals surface area contributed by atoms with Gasteiger partial charge in [-0.15, -0.1) is 0 Å². The van der Waals surface area contributed by atoms with Gasteiger partial charge in [-0.3, -0.25) is 19.9 Å². The molecule has 0 aliphatic heterocycles. The summed E-state index contributed by atoms with van der Waals surface area (Å²) in [5.74, 6) is 0. The summed E-state index contributed by atoms with van der Waals surface area (Å²) in [4.78, 5) is 27.1. The number of hydrogen-bond acceptors (Lipinski definition) is 4. The van der Waals surface area contributed by atoms with Crippen molar-refractivity contribution in [2.45, 2.75) is 0 Å². The molecule has 0 aliphatic rings. The van der Waals surface area contributed by atoms with Gasteiger partial charge in [-0.2, -0.15) is 0 Å². The van der Waals surface area contributed by atoms with Crippen molar-refractivity contribution >= 4 is 16.6 Å². The smallest absolute Gasteiger partial charge is 0.316 e. The number of nitrogens with one attached hydrogen (secondary N) is 1. The van der Waals surface area contributed by atoms with Gasteiger partial charge in [-0.1, -0.05) is 0 Å². The van der Waals surface area contributed by atoms with Gasteiger partial charge in [0.2, 0.25) is 0 Å². The van der Waals surface area contributed by atoms with Crippen LogP contribution in [-0.4, -0.2) is 14.9 Å². The van der Waals surface area contributed by atoms with E-state index in [2.05, 4.69) is 9.97 Å². The first kappa shape index (κ1) is 8.36. The lowest BCUT2D eigenvalue weighted by molar-refractivity contribution is -0.386. The number of H-pyrrole nitrogens is 1. The lowest BCUT2D eigenvalue weighted by atomic mass is 10.2. The first-order chi connectivity index (χ1) is 6.68. The Bertz CT molecular complexity index is 561. The van der Waals surface area contributed by atoms with Crippen LogP contribution in [-0.2, 0) is 0 Å². The van der Waals surface area contributed by atoms with E-state index in [1.165, 1.54) is 18.5 Å². The van der Waals surface area contributed by atoms with Crippen LogP contribution in [0.15, 0.2) is 29.3 Å². The third-order valence-electron chi connectivity index (χ3n) is 1.82. The third-order valence-corrected chi connectivity index (χ3v) is 1.82. The number of pyridine rings is 2. The van der Waals surface area contributed by atoms with Crippen molar-refractivity contribution in [2.75, 3.05) is 0 Å². The monoisotopic (exact) mass is 191 g/mol. The highest BCUT2D eigenvalue weighted by Crippen LogP contribution is 2.12. The number of hydrogen-bond donors (Lipinski definition) is 1. The van der Waals surface area contributed by atoms with Crippen LogP contribution in [0.3, 0.4) is 0 Å². The molecule has 0 bridgehead atoms. The van der Waals surface area contributed by atoms with Gasteiger partial charge in [0.15, 0.2) is 0 Å². The Morgan fingerprint density at radius 2 is 2.29 bits per heavy atom. The number of rotatable bonds is 1. The van der Waals surface area contributed by atoms with Crippen LogP contribution in [0.2, 0.25) is 0 Å². The van der Waals surface area contributed by atoms with Crippen molar-refractivity contribution in [1.29, 1.82) is 0 Å². The molecule has 6 heteroatoms. The van der Waals surface area contributed by atoms with Gasteiger partial charge in [-0.25, -0.2) is 0 Å². The quantitative estimate of drug-likeness (QED) is 0.534. The van der Waals surface area contributed by atoms with Crippen molar-refractivity contribution in [2.24, 2.45) is 0 Å². The minimum absolute atomic E-state index is 0.467. The molecule has 0 aromatic carbocycles. The maximum Gasteiger partial charge on any atom is 0.334 e. The Hall–Kier alpha value is -2.24. The number of aromatic nitrogens is 2. The van der Waals surface area contributed by atoms with E-state index in [9.17, 15) is 14.9 Å². The molecule has 2 heterocycles. The van der Waals surface area contributed by atoms with E-state index in [1.54, 1.807) is 6.07 Å². The van der Waals surface area contributed by atoms with E-state index in [4.69, 9.17) is 0 Å². The second-order valence-corrected chi connectivity index (χ2v) is 2.70. The lowest BCUT2D eigenvalue weighted by Crippen LogP contribution is -2.10. The minimum atomic E-state index is -0.717. The topological polar surface area (TPSA) is 88.9 Å². The molecule has 0 aliphatic carbocycles. The summed E-state index contributed by atoms with van der Waals surface area (Å²) in [6.45, 7) is 0. The average Bonchev–Trinajstić information content (AvgIpc) is 2.16. The van der Waals surface area contributed by atoms with E-state index in [-0.39, 0.29) is 0 Å². The maximum absolute atomic E-state index is 11.2. The lowest BCUT2D eigenvalue weighted by Gasteiger charge is -1.95. The zero-order chi connectivity index (χ0) is 10.1. The van der Waals surface area contributed by atoms with Crippen molar-refractivity contribution in [3.05, 3.63) is 45.0 Å². The van der Waals surface area contributed by atoms with Gasteiger partial charge in [0.05, 0.1) is 10.4 Å². The van der Waals surface area contributed by atoms with Gasteiger partial charge in [0.25, 0.3) is 0 Å². The summed E-state index contributed by atoms with van der Waals surface area (Å²) in [6.07, 6.45) is 2.96. The van der Waals surface area contributed by atoms with Crippen LogP contribution < -0.4 is 5.56 Å². The van der Waals surface area contributed by atoms with E-state index in [1.807, 2.05) is 0 Å². The Kier molecular flexibility index (Phi) is 1.74. The molecule has 2 aromatic heterocycles. The summed E-state index contributed by atoms with van der Waals surface area (Å²) in [5, 5.41) is 11.0. The van der Waals surface area contributed by atoms with Crippen molar-refractivity contribution < 1.29 is 4.92 Å². The molecule has 0 atom stereocenters. The SMILES string of the molecule is O=c1[nH]c2ccncc2cc1[N+](=O)[O-]. The van der Waals surface area contributed by atoms with Crippen LogP contribution in [0.25, 0.3) is 10.9 Å². The maximum atomic E-state index is 11.2. The molecule has 0 radical (unpaired) electrons. The van der Waals surface area contributed by atoms with Gasteiger partial charge >= 0.3 is 11.2 Å². The zero-order valence-corrected chi connectivity index (χ0v) is 6.93. The largest absolute Gasteiger partial charge is 0.334 e. The number of nitrogens with zero attached hydrogens (tertiary/aromatic N) is 2. The average molecular weight is 191 g/mol. The van der Waals surface area contributed by atoms with Crippen LogP contribution in [0.5, 0.6) is 0 Å². The predicted octanol–water partition coefficient (Wildman–Crippen LogP) is 0.831. The van der Waals surface area contributed by atoms with E-state index < -0.39 is 16.2 Å². The number of aromatic amines is 1. The summed E-state index contributed by atoms with van der Waals surface area (Å²) in [6, 6.07) is 2.79. The fraction of sp³-hybridized carbons (Fsp3) is 0. The van der Waals surface area contributed by atoms with E-state index in [0.717, 1.165) is 0 Å². The second kappa shape index (κ2) is 2.91. The first-order valence-electron chi connectivity index (χ1n) is 3.80. The molecule has 6 nitrogen and oxygen atoms in total. The highest BCUT2D eigenvalue weighted by molar-refractivity contribution is 5.78. The molecular weight excluding hydrogens is 186 g/mol. The normalized spacial score (nSPS) is 10.3. The van der Waals surface area contributed by atoms with Crippen LogP contribution >= 0.6 is 0 Å². The van der Waals surface area contributed by atoms with Crippen molar-refractivity contribution in [3.63, 3.8) is 0 Å². The molecule has 2 rings (SSSR count). The molecule has 0 unspecified atom stereocenters. The zero-order valence-electron chi connectivity index (χ0n) is 6.93. The predicted molar refractivity (Wildman–Crippen MR) is 49.0 cm³/mol. The molecule has 70 valence electrons. The summed E-state index contributed by atoms with van der Waals surface area (Å²) < 4.78 is 0. The molecule has 2 aromatic rings. The molecule has 14 heavy (non-hydrogen) atoms. The summed E-state index contributed by atoms with van der Waals surface area (Å²) in [7, 11) is 0. The van der Waals surface area contributed by atoms with Gasteiger partial charge in [0, 0.05) is 23.8 Å². The van der Waals surface area contributed by atoms with Crippen LogP contribution in [0.4, 0.5) is 5.69 Å². The highest BCUT2D eigenvalue weighted by atomic mass is 16.6. The molecule has 1 N–H and O–H groups in total. The summed E-state index contributed by atoms with van der Waals surface area (Å²) in [5.41, 5.74) is -0.630. The standard InChI is InChI=1S/C8H5N3O3/c12-8-7(11(13)14)3-5-4-9-2-1-6(5)10-8/h1-4H,(H,10,12). The third kappa shape index (κ3) is 1.22. The van der Waals surface area contributed by atoms with Gasteiger partial charge in [0.1, 0.15) is 0 Å². The Morgan fingerprint density at radius 3 is 3.00 bits per heavy atom. The van der Waals surface area contributed by atoms with E-state index in [0.29, 0.717) is 10.9 Å². The molecular formula is C8H5N3O3. The second-order valence-electron chi connectivity index (χ2n) is 2.70. The fourth-order valence-corrected chi connectivity index (χ4v) is 1.17. The minimum Gasteiger partial charge on any atom is -0.316 e. The fourth-order valence-electron chi connectivity index (χ4n) is 1.17. The Labute approximate surface area is 77.4 Å². The van der Waals surface area contributed by atoms with Gasteiger partial charge < -0.3 is 4.98 Å². The first-order valence-corrected chi connectivity index (χ1v) is 3.80. The summed E-state index contributed by atoms with van der Waals surface area (Å²) >= 11 is 0. The molecule has 0 spiro atoms. The molecule has 0 amide bonds. The van der Waals surface area contributed by atoms with Crippen molar-refractivity contribution in [3.8, 4) is 0 Å². The molecule has 0 saturated carbocycles. The van der Waals surface area contributed by atoms with E-state index >= 15 is 0 Å². The van der Waals surface area contributed by atoms with Gasteiger partial charge in [-0.05, 0) is 6.07 Å². The Balaban J connectivity index is 2.84. The highest BCUT2D eigenvalue weighted by Gasteiger charge is 2.12. The van der Waals surface area contributed by atoms with Crippen LogP contribution in [0, 0.1) is 10.1 Å². The molecule has 0 fully saturated rings. The Morgan fingerprint density at radius 1 is 1.50 bits per heavy atom. The number of nitro groups is 1. The van der Waals surface area contributed by atoms with Crippen molar-refractivity contribution in [1.82, 2.24) is 9.97 Å².